The quantitative estimate of drug-likeness (QED) is 0.607. The Kier molecular flexibility index (Phi) is 5.04. The van der Waals surface area contributed by atoms with Crippen molar-refractivity contribution in [2.45, 2.75) is 24.9 Å². The van der Waals surface area contributed by atoms with Crippen molar-refractivity contribution in [1.82, 2.24) is 19.9 Å². The third kappa shape index (κ3) is 3.91. The van der Waals surface area contributed by atoms with Crippen LogP contribution in [0.4, 0.5) is 23.0 Å². The largest absolute Gasteiger partial charge is 0.474 e. The summed E-state index contributed by atoms with van der Waals surface area (Å²) in [6.45, 7) is 4.92. The summed E-state index contributed by atoms with van der Waals surface area (Å²) in [5.74, 6) is 1.06. The van der Waals surface area contributed by atoms with Crippen LogP contribution in [0.15, 0.2) is 35.7 Å². The van der Waals surface area contributed by atoms with Gasteiger partial charge in [-0.3, -0.25) is 0 Å². The maximum Gasteiger partial charge on any atom is 0.237 e. The van der Waals surface area contributed by atoms with Gasteiger partial charge in [0.05, 0.1) is 24.1 Å². The molecule has 0 amide bonds. The lowest BCUT2D eigenvalue weighted by Gasteiger charge is -2.32. The van der Waals surface area contributed by atoms with Crippen LogP contribution in [0.2, 0.25) is 0 Å². The van der Waals surface area contributed by atoms with Crippen LogP contribution in [0.5, 0.6) is 5.88 Å². The van der Waals surface area contributed by atoms with Gasteiger partial charge in [-0.25, -0.2) is 28.4 Å². The van der Waals surface area contributed by atoms with Crippen LogP contribution in [0.1, 0.15) is 16.8 Å². The minimum atomic E-state index is -3.40. The molecule has 0 aliphatic carbocycles. The number of pyridine rings is 2. The SMILES string of the molecule is Cc1c(N2CCc3cnc(Nc4ccnc(S(C)(=O)=O)c4)nc3C2)cnc2c1NCCO2. The first-order valence-electron chi connectivity index (χ1n) is 10.3. The summed E-state index contributed by atoms with van der Waals surface area (Å²) in [5, 5.41) is 6.47. The molecule has 0 bridgehead atoms. The number of rotatable bonds is 4. The molecule has 0 unspecified atom stereocenters. The van der Waals surface area contributed by atoms with Gasteiger partial charge in [-0.1, -0.05) is 0 Å². The van der Waals surface area contributed by atoms with Gasteiger partial charge in [-0.15, -0.1) is 0 Å². The molecule has 2 N–H and O–H groups in total. The molecule has 11 heteroatoms. The number of sulfone groups is 1. The molecule has 5 rings (SSSR count). The van der Waals surface area contributed by atoms with E-state index in [9.17, 15) is 8.42 Å². The monoisotopic (exact) mass is 453 g/mol. The molecule has 2 aliphatic rings. The molecule has 3 aromatic rings. The highest BCUT2D eigenvalue weighted by molar-refractivity contribution is 7.90. The third-order valence-corrected chi connectivity index (χ3v) is 6.56. The van der Waals surface area contributed by atoms with Crippen LogP contribution in [-0.4, -0.2) is 54.3 Å². The van der Waals surface area contributed by atoms with E-state index in [0.717, 1.165) is 54.0 Å². The van der Waals surface area contributed by atoms with Crippen molar-refractivity contribution in [2.24, 2.45) is 0 Å². The van der Waals surface area contributed by atoms with Gasteiger partial charge >= 0.3 is 0 Å². The molecule has 0 radical (unpaired) electrons. The second-order valence-corrected chi connectivity index (χ2v) is 9.80. The zero-order chi connectivity index (χ0) is 22.3. The first-order chi connectivity index (χ1) is 15.4. The predicted octanol–water partition coefficient (Wildman–Crippen LogP) is 2.09. The van der Waals surface area contributed by atoms with E-state index in [1.54, 1.807) is 6.07 Å². The van der Waals surface area contributed by atoms with Crippen LogP contribution >= 0.6 is 0 Å². The fraction of sp³-hybridized carbons (Fsp3) is 0.333. The molecular formula is C21H23N7O3S. The summed E-state index contributed by atoms with van der Waals surface area (Å²) in [6, 6.07) is 3.16. The third-order valence-electron chi connectivity index (χ3n) is 5.58. The lowest BCUT2D eigenvalue weighted by atomic mass is 10.0. The molecule has 0 aromatic carbocycles. The van der Waals surface area contributed by atoms with Gasteiger partial charge in [-0.05, 0) is 31.0 Å². The van der Waals surface area contributed by atoms with Gasteiger partial charge in [0.2, 0.25) is 11.8 Å². The highest BCUT2D eigenvalue weighted by atomic mass is 32.2. The lowest BCUT2D eigenvalue weighted by molar-refractivity contribution is 0.310. The number of ether oxygens (including phenoxy) is 1. The normalized spacial score (nSPS) is 15.2. The number of hydrogen-bond donors (Lipinski definition) is 2. The maximum absolute atomic E-state index is 11.8. The van der Waals surface area contributed by atoms with Gasteiger partial charge in [0.15, 0.2) is 14.9 Å². The zero-order valence-corrected chi connectivity index (χ0v) is 18.6. The van der Waals surface area contributed by atoms with Crippen LogP contribution in [0, 0.1) is 6.92 Å². The number of nitrogens with zero attached hydrogens (tertiary/aromatic N) is 5. The highest BCUT2D eigenvalue weighted by Gasteiger charge is 2.24. The minimum absolute atomic E-state index is 0.000362. The smallest absolute Gasteiger partial charge is 0.237 e. The fourth-order valence-electron chi connectivity index (χ4n) is 3.92. The molecule has 166 valence electrons. The van der Waals surface area contributed by atoms with Crippen molar-refractivity contribution in [3.05, 3.63) is 47.5 Å². The summed E-state index contributed by atoms with van der Waals surface area (Å²) in [4.78, 5) is 19.8. The fourth-order valence-corrected chi connectivity index (χ4v) is 4.51. The predicted molar refractivity (Wildman–Crippen MR) is 120 cm³/mol. The van der Waals surface area contributed by atoms with Crippen LogP contribution < -0.4 is 20.3 Å². The van der Waals surface area contributed by atoms with Crippen LogP contribution in [0.25, 0.3) is 0 Å². The Morgan fingerprint density at radius 2 is 2.09 bits per heavy atom. The number of aromatic nitrogens is 4. The summed E-state index contributed by atoms with van der Waals surface area (Å²) in [7, 11) is -3.40. The Bertz CT molecular complexity index is 1300. The van der Waals surface area contributed by atoms with Crippen molar-refractivity contribution in [1.29, 1.82) is 0 Å². The summed E-state index contributed by atoms with van der Waals surface area (Å²) in [5.41, 5.74) is 5.69. The van der Waals surface area contributed by atoms with E-state index in [1.807, 2.05) is 12.4 Å². The molecular weight excluding hydrogens is 430 g/mol. The van der Waals surface area contributed by atoms with Crippen LogP contribution in [-0.2, 0) is 22.8 Å². The molecule has 0 saturated carbocycles. The average Bonchev–Trinajstić information content (AvgIpc) is 2.79. The Morgan fingerprint density at radius 1 is 1.22 bits per heavy atom. The van der Waals surface area contributed by atoms with Gasteiger partial charge in [0, 0.05) is 43.0 Å². The highest BCUT2D eigenvalue weighted by Crippen LogP contribution is 2.36. The molecule has 3 aromatic heterocycles. The van der Waals surface area contributed by atoms with E-state index in [4.69, 9.17) is 9.72 Å². The molecule has 0 spiro atoms. The number of anilines is 4. The lowest BCUT2D eigenvalue weighted by Crippen LogP contribution is -2.32. The number of nitrogens with one attached hydrogen (secondary N) is 2. The van der Waals surface area contributed by atoms with Crippen molar-refractivity contribution < 1.29 is 13.2 Å². The minimum Gasteiger partial charge on any atom is -0.474 e. The molecule has 0 saturated heterocycles. The molecule has 5 heterocycles. The van der Waals surface area contributed by atoms with Gasteiger partial charge in [-0.2, -0.15) is 0 Å². The van der Waals surface area contributed by atoms with E-state index in [2.05, 4.69) is 37.4 Å². The van der Waals surface area contributed by atoms with Gasteiger partial charge in [0.1, 0.15) is 12.3 Å². The van der Waals surface area contributed by atoms with Crippen molar-refractivity contribution in [3.63, 3.8) is 0 Å². The van der Waals surface area contributed by atoms with E-state index >= 15 is 0 Å². The molecule has 0 fully saturated rings. The summed E-state index contributed by atoms with van der Waals surface area (Å²) in [6.07, 6.45) is 7.08. The van der Waals surface area contributed by atoms with Gasteiger partial charge in [0.25, 0.3) is 0 Å². The molecule has 32 heavy (non-hydrogen) atoms. The van der Waals surface area contributed by atoms with Gasteiger partial charge < -0.3 is 20.3 Å². The Hall–Kier alpha value is -3.47. The first kappa shape index (κ1) is 20.4. The van der Waals surface area contributed by atoms with Crippen molar-refractivity contribution in [2.75, 3.05) is 41.5 Å². The molecule has 10 nitrogen and oxygen atoms in total. The Labute approximate surface area is 186 Å². The molecule has 2 aliphatic heterocycles. The Morgan fingerprint density at radius 3 is 2.94 bits per heavy atom. The number of fused-ring (bicyclic) bond motifs is 2. The van der Waals surface area contributed by atoms with E-state index < -0.39 is 9.84 Å². The van der Waals surface area contributed by atoms with E-state index in [-0.39, 0.29) is 5.03 Å². The van der Waals surface area contributed by atoms with E-state index in [0.29, 0.717) is 30.7 Å². The maximum atomic E-state index is 11.8. The standard InChI is InChI=1S/C21H23N7O3S/c1-13-17(11-24-20-19(13)23-6-8-31-20)28-7-4-14-10-25-21(27-16(14)12-28)26-15-3-5-22-18(9-15)32(2,29)30/h3,5,9-11,23H,4,6-8,12H2,1-2H3,(H,22,25,26,27). The first-order valence-corrected chi connectivity index (χ1v) is 12.2. The second kappa shape index (κ2) is 7.90. The topological polar surface area (TPSA) is 122 Å². The summed E-state index contributed by atoms with van der Waals surface area (Å²) < 4.78 is 29.2. The zero-order valence-electron chi connectivity index (χ0n) is 17.8. The summed E-state index contributed by atoms with van der Waals surface area (Å²) >= 11 is 0. The average molecular weight is 454 g/mol. The molecule has 0 atom stereocenters. The van der Waals surface area contributed by atoms with Crippen LogP contribution in [0.3, 0.4) is 0 Å². The van der Waals surface area contributed by atoms with E-state index in [1.165, 1.54) is 12.3 Å². The Balaban J connectivity index is 1.39. The second-order valence-electron chi connectivity index (χ2n) is 7.84. The number of hydrogen-bond acceptors (Lipinski definition) is 10. The van der Waals surface area contributed by atoms with Crippen molar-refractivity contribution in [3.8, 4) is 5.88 Å². The van der Waals surface area contributed by atoms with Crippen molar-refractivity contribution >= 4 is 32.8 Å².